The van der Waals surface area contributed by atoms with Crippen molar-refractivity contribution in [1.82, 2.24) is 19.9 Å². The maximum absolute atomic E-state index is 12.7. The summed E-state index contributed by atoms with van der Waals surface area (Å²) in [6.07, 6.45) is 2.95. The lowest BCUT2D eigenvalue weighted by molar-refractivity contribution is -0.115. The molecular weight excluding hydrogens is 432 g/mol. The number of carbonyl (C=O) groups excluding carboxylic acids is 1. The van der Waals surface area contributed by atoms with E-state index in [-0.39, 0.29) is 57.9 Å². The van der Waals surface area contributed by atoms with E-state index in [4.69, 9.17) is 5.26 Å². The van der Waals surface area contributed by atoms with Gasteiger partial charge in [0.1, 0.15) is 27.6 Å². The summed E-state index contributed by atoms with van der Waals surface area (Å²) < 4.78 is 1.76. The summed E-state index contributed by atoms with van der Waals surface area (Å²) in [7, 11) is 0. The standard InChI is InChI=1S/C20H24N8O3S/c1-4-28-18(31)15(32-19(28)13(9-22)17(30)23-8-6-21)10-25-20-24-7-5-16(27-20)26-14(11-29)12(2)3/h5,7,10,12,14,29H,4,8,11H2,1-3H3,(H,23,30)(H2,24,25,26,27)/t14-/m0/s1. The second-order valence-corrected chi connectivity index (χ2v) is 7.91. The van der Waals surface area contributed by atoms with Crippen LogP contribution in [-0.4, -0.2) is 44.7 Å². The smallest absolute Gasteiger partial charge is 0.270 e. The molecule has 0 spiro atoms. The van der Waals surface area contributed by atoms with Gasteiger partial charge in [-0.15, -0.1) is 11.3 Å². The third kappa shape index (κ3) is 5.91. The van der Waals surface area contributed by atoms with E-state index < -0.39 is 5.91 Å². The molecular formula is C20H24N8O3S. The van der Waals surface area contributed by atoms with Gasteiger partial charge in [0.05, 0.1) is 18.7 Å². The number of aliphatic hydroxyl groups excluding tert-OH is 1. The van der Waals surface area contributed by atoms with Gasteiger partial charge < -0.3 is 21.1 Å². The molecule has 168 valence electrons. The van der Waals surface area contributed by atoms with E-state index in [1.807, 2.05) is 19.9 Å². The molecule has 2 heterocycles. The number of amides is 1. The summed E-state index contributed by atoms with van der Waals surface area (Å²) in [6.45, 7) is 5.63. The average molecular weight is 457 g/mol. The van der Waals surface area contributed by atoms with Gasteiger partial charge in [0, 0.05) is 18.9 Å². The van der Waals surface area contributed by atoms with Crippen molar-refractivity contribution in [3.63, 3.8) is 0 Å². The van der Waals surface area contributed by atoms with Crippen molar-refractivity contribution < 1.29 is 9.90 Å². The van der Waals surface area contributed by atoms with Crippen LogP contribution in [0.4, 0.5) is 11.8 Å². The zero-order valence-electron chi connectivity index (χ0n) is 17.9. The second-order valence-electron chi connectivity index (χ2n) is 6.88. The number of rotatable bonds is 9. The molecule has 1 amide bonds. The average Bonchev–Trinajstić information content (AvgIpc) is 3.10. The van der Waals surface area contributed by atoms with Crippen LogP contribution in [-0.2, 0) is 11.3 Å². The van der Waals surface area contributed by atoms with Gasteiger partial charge in [0.25, 0.3) is 11.5 Å². The minimum atomic E-state index is -0.720. The Kier molecular flexibility index (Phi) is 8.89. The highest BCUT2D eigenvalue weighted by Gasteiger charge is 2.15. The maximum Gasteiger partial charge on any atom is 0.270 e. The number of hydrogen-bond acceptors (Lipinski definition) is 10. The first-order chi connectivity index (χ1) is 15.4. The van der Waals surface area contributed by atoms with Crippen molar-refractivity contribution in [1.29, 1.82) is 10.5 Å². The van der Waals surface area contributed by atoms with Gasteiger partial charge in [0.2, 0.25) is 5.95 Å². The van der Waals surface area contributed by atoms with Crippen LogP contribution in [0.5, 0.6) is 0 Å². The number of anilines is 2. The van der Waals surface area contributed by atoms with Gasteiger partial charge in [-0.05, 0) is 18.9 Å². The van der Waals surface area contributed by atoms with E-state index in [0.717, 1.165) is 11.3 Å². The zero-order valence-corrected chi connectivity index (χ0v) is 18.7. The number of aliphatic hydroxyl groups is 1. The molecule has 0 aliphatic carbocycles. The largest absolute Gasteiger partial charge is 0.394 e. The lowest BCUT2D eigenvalue weighted by Crippen LogP contribution is -2.34. The van der Waals surface area contributed by atoms with Gasteiger partial charge in [0.15, 0.2) is 5.57 Å². The lowest BCUT2D eigenvalue weighted by Gasteiger charge is -2.20. The third-order valence-electron chi connectivity index (χ3n) is 4.43. The van der Waals surface area contributed by atoms with Gasteiger partial charge in [-0.3, -0.25) is 14.2 Å². The minimum absolute atomic E-state index is 0.0508. The Balaban J connectivity index is 2.41. The van der Waals surface area contributed by atoms with E-state index >= 15 is 0 Å². The Labute approximate surface area is 188 Å². The van der Waals surface area contributed by atoms with Gasteiger partial charge in [-0.1, -0.05) is 13.8 Å². The number of thiazole rings is 1. The fraction of sp³-hybridized carbons (Fsp3) is 0.400. The summed E-state index contributed by atoms with van der Waals surface area (Å²) in [4.78, 5) is 33.4. The van der Waals surface area contributed by atoms with Crippen molar-refractivity contribution in [2.24, 2.45) is 5.92 Å². The van der Waals surface area contributed by atoms with E-state index in [0.29, 0.717) is 5.82 Å². The number of hydrogen-bond donors (Lipinski definition) is 4. The molecule has 11 nitrogen and oxygen atoms in total. The van der Waals surface area contributed by atoms with Gasteiger partial charge >= 0.3 is 0 Å². The Morgan fingerprint density at radius 2 is 2.16 bits per heavy atom. The van der Waals surface area contributed by atoms with Gasteiger partial charge in [-0.2, -0.15) is 15.5 Å². The van der Waals surface area contributed by atoms with Gasteiger partial charge in [-0.25, -0.2) is 4.98 Å². The molecule has 0 aromatic carbocycles. The van der Waals surface area contributed by atoms with Crippen LogP contribution >= 0.6 is 11.3 Å². The van der Waals surface area contributed by atoms with Crippen LogP contribution in [0.2, 0.25) is 0 Å². The normalized spacial score (nSPS) is 13.2. The van der Waals surface area contributed by atoms with Crippen LogP contribution in [0.25, 0.3) is 11.8 Å². The quantitative estimate of drug-likeness (QED) is 0.357. The predicted octanol–water partition coefficient (Wildman–Crippen LogP) is -0.687. The first kappa shape index (κ1) is 24.5. The molecule has 12 heteroatoms. The van der Waals surface area contributed by atoms with Crippen molar-refractivity contribution in [3.8, 4) is 12.1 Å². The number of aromatic nitrogens is 3. The van der Waals surface area contributed by atoms with E-state index in [1.165, 1.54) is 17.0 Å². The van der Waals surface area contributed by atoms with Crippen LogP contribution in [0.1, 0.15) is 20.8 Å². The van der Waals surface area contributed by atoms with Crippen molar-refractivity contribution in [2.45, 2.75) is 33.4 Å². The van der Waals surface area contributed by atoms with Crippen molar-refractivity contribution in [2.75, 3.05) is 23.8 Å². The number of nitrogens with zero attached hydrogens (tertiary/aromatic N) is 5. The molecule has 0 unspecified atom stereocenters. The Morgan fingerprint density at radius 3 is 2.75 bits per heavy atom. The lowest BCUT2D eigenvalue weighted by atomic mass is 10.1. The fourth-order valence-electron chi connectivity index (χ4n) is 2.65. The topological polar surface area (TPSA) is 169 Å². The highest BCUT2D eigenvalue weighted by Crippen LogP contribution is 2.11. The summed E-state index contributed by atoms with van der Waals surface area (Å²) in [5.41, 5.74) is -0.620. The maximum atomic E-state index is 12.7. The first-order valence-electron chi connectivity index (χ1n) is 9.82. The third-order valence-corrected chi connectivity index (χ3v) is 5.56. The monoisotopic (exact) mass is 456 g/mol. The molecule has 0 saturated carbocycles. The zero-order chi connectivity index (χ0) is 23.7. The molecule has 32 heavy (non-hydrogen) atoms. The molecule has 0 aliphatic rings. The molecule has 2 rings (SSSR count). The second kappa shape index (κ2) is 11.6. The van der Waals surface area contributed by atoms with Crippen LogP contribution in [0.3, 0.4) is 0 Å². The molecule has 2 aromatic heterocycles. The Hall–Kier alpha value is -3.74. The summed E-state index contributed by atoms with van der Waals surface area (Å²) in [6, 6.07) is 5.07. The van der Waals surface area contributed by atoms with Crippen LogP contribution in [0, 0.1) is 28.6 Å². The van der Waals surface area contributed by atoms with E-state index in [2.05, 4.69) is 25.9 Å². The number of nitriles is 2. The molecule has 0 fully saturated rings. The molecule has 4 N–H and O–H groups in total. The molecule has 1 atom stereocenters. The predicted molar refractivity (Wildman–Crippen MR) is 121 cm³/mol. The fourth-order valence-corrected chi connectivity index (χ4v) is 3.73. The SMILES string of the molecule is CCn1c(=C(C#N)C(=O)NCC#N)sc(=CNc2nccc(N[C@@H](CO)C(C)C)n2)c1=O. The molecule has 0 radical (unpaired) electrons. The van der Waals surface area contributed by atoms with Crippen LogP contribution in [0.15, 0.2) is 17.1 Å². The molecule has 2 aromatic rings. The number of nitrogens with one attached hydrogen (secondary N) is 3. The molecule has 0 aliphatic heterocycles. The molecule has 0 bridgehead atoms. The highest BCUT2D eigenvalue weighted by atomic mass is 32.1. The summed E-state index contributed by atoms with van der Waals surface area (Å²) in [5.74, 6) is 0.202. The minimum Gasteiger partial charge on any atom is -0.394 e. The summed E-state index contributed by atoms with van der Waals surface area (Å²) in [5, 5.41) is 35.8. The van der Waals surface area contributed by atoms with Crippen molar-refractivity contribution in [3.05, 3.63) is 31.8 Å². The summed E-state index contributed by atoms with van der Waals surface area (Å²) >= 11 is 0.972. The first-order valence-corrected chi connectivity index (χ1v) is 10.6. The van der Waals surface area contributed by atoms with Crippen molar-refractivity contribution >= 4 is 40.8 Å². The van der Waals surface area contributed by atoms with Crippen LogP contribution < -0.4 is 30.7 Å². The Bertz CT molecular complexity index is 1220. The van der Waals surface area contributed by atoms with E-state index in [1.54, 1.807) is 19.1 Å². The highest BCUT2D eigenvalue weighted by molar-refractivity contribution is 7.07. The number of carbonyl (C=O) groups is 1. The Morgan fingerprint density at radius 1 is 1.41 bits per heavy atom. The van der Waals surface area contributed by atoms with E-state index in [9.17, 15) is 20.0 Å². The molecule has 0 saturated heterocycles.